The number of ether oxygens (including phenoxy) is 2. The van der Waals surface area contributed by atoms with E-state index in [0.29, 0.717) is 18.3 Å². The lowest BCUT2D eigenvalue weighted by Crippen LogP contribution is -2.19. The van der Waals surface area contributed by atoms with E-state index in [0.717, 1.165) is 12.2 Å². The van der Waals surface area contributed by atoms with E-state index in [9.17, 15) is 0 Å². The summed E-state index contributed by atoms with van der Waals surface area (Å²) in [6.45, 7) is 0. The van der Waals surface area contributed by atoms with Crippen LogP contribution in [0.4, 0.5) is 0 Å². The van der Waals surface area contributed by atoms with Crippen molar-refractivity contribution < 1.29 is 9.47 Å². The van der Waals surface area contributed by atoms with Crippen LogP contribution >= 0.6 is 0 Å². The van der Waals surface area contributed by atoms with Crippen LogP contribution in [0.15, 0.2) is 30.3 Å². The SMILES string of the molecule is c1ccc(OC2CC[C@@H]3O[C@@H]23)cc1. The highest BCUT2D eigenvalue weighted by Gasteiger charge is 2.51. The van der Waals surface area contributed by atoms with Crippen molar-refractivity contribution in [1.82, 2.24) is 0 Å². The van der Waals surface area contributed by atoms with Crippen LogP contribution in [0.5, 0.6) is 5.75 Å². The Balaban J connectivity index is 1.69. The molecule has 13 heavy (non-hydrogen) atoms. The predicted molar refractivity (Wildman–Crippen MR) is 48.8 cm³/mol. The summed E-state index contributed by atoms with van der Waals surface area (Å²) in [4.78, 5) is 0. The van der Waals surface area contributed by atoms with E-state index in [-0.39, 0.29) is 0 Å². The van der Waals surface area contributed by atoms with E-state index in [2.05, 4.69) is 0 Å². The molecule has 68 valence electrons. The summed E-state index contributed by atoms with van der Waals surface area (Å²) in [5.41, 5.74) is 0. The van der Waals surface area contributed by atoms with Crippen LogP contribution < -0.4 is 4.74 Å². The van der Waals surface area contributed by atoms with Gasteiger partial charge in [-0.2, -0.15) is 0 Å². The second-order valence-corrected chi connectivity index (χ2v) is 3.69. The smallest absolute Gasteiger partial charge is 0.127 e. The molecule has 1 aliphatic heterocycles. The lowest BCUT2D eigenvalue weighted by Gasteiger charge is -2.13. The zero-order chi connectivity index (χ0) is 8.67. The summed E-state index contributed by atoms with van der Waals surface area (Å²) in [6, 6.07) is 9.98. The van der Waals surface area contributed by atoms with Gasteiger partial charge in [0.1, 0.15) is 18.0 Å². The monoisotopic (exact) mass is 176 g/mol. The largest absolute Gasteiger partial charge is 0.488 e. The number of hydrogen-bond acceptors (Lipinski definition) is 2. The van der Waals surface area contributed by atoms with Crippen molar-refractivity contribution in [2.45, 2.75) is 31.2 Å². The molecule has 0 N–H and O–H groups in total. The Hall–Kier alpha value is -1.02. The van der Waals surface area contributed by atoms with Gasteiger partial charge in [0.05, 0.1) is 6.10 Å². The summed E-state index contributed by atoms with van der Waals surface area (Å²) < 4.78 is 11.2. The van der Waals surface area contributed by atoms with Gasteiger partial charge in [-0.25, -0.2) is 0 Å². The molecule has 3 atom stereocenters. The predicted octanol–water partition coefficient (Wildman–Crippen LogP) is 2.00. The van der Waals surface area contributed by atoms with Crippen LogP contribution in [-0.4, -0.2) is 18.3 Å². The molecule has 1 heterocycles. The van der Waals surface area contributed by atoms with Gasteiger partial charge >= 0.3 is 0 Å². The minimum absolute atomic E-state index is 0.299. The first-order chi connectivity index (χ1) is 6.43. The Kier molecular flexibility index (Phi) is 1.56. The summed E-state index contributed by atoms with van der Waals surface area (Å²) in [5.74, 6) is 0.962. The van der Waals surface area contributed by atoms with Crippen LogP contribution in [0.3, 0.4) is 0 Å². The van der Waals surface area contributed by atoms with Gasteiger partial charge in [-0.15, -0.1) is 0 Å². The van der Waals surface area contributed by atoms with Crippen LogP contribution in [0, 0.1) is 0 Å². The number of rotatable bonds is 2. The zero-order valence-corrected chi connectivity index (χ0v) is 7.35. The molecule has 1 saturated carbocycles. The summed E-state index contributed by atoms with van der Waals surface area (Å²) in [5, 5.41) is 0. The molecule has 0 amide bonds. The molecular formula is C11H12O2. The van der Waals surface area contributed by atoms with Gasteiger partial charge in [0, 0.05) is 0 Å². The minimum atomic E-state index is 0.299. The number of para-hydroxylation sites is 1. The average molecular weight is 176 g/mol. The van der Waals surface area contributed by atoms with Gasteiger partial charge in [-0.3, -0.25) is 0 Å². The third-order valence-electron chi connectivity index (χ3n) is 2.75. The fourth-order valence-corrected chi connectivity index (χ4v) is 2.01. The van der Waals surface area contributed by atoms with Gasteiger partial charge < -0.3 is 9.47 Å². The van der Waals surface area contributed by atoms with Crippen molar-refractivity contribution in [1.29, 1.82) is 0 Å². The minimum Gasteiger partial charge on any atom is -0.488 e. The summed E-state index contributed by atoms with van der Waals surface area (Å²) in [7, 11) is 0. The van der Waals surface area contributed by atoms with Gasteiger partial charge in [-0.05, 0) is 25.0 Å². The van der Waals surface area contributed by atoms with E-state index in [1.165, 1.54) is 6.42 Å². The lowest BCUT2D eigenvalue weighted by atomic mass is 10.3. The van der Waals surface area contributed by atoms with Crippen LogP contribution in [0.25, 0.3) is 0 Å². The highest BCUT2D eigenvalue weighted by atomic mass is 16.6. The van der Waals surface area contributed by atoms with Gasteiger partial charge in [0.15, 0.2) is 0 Å². The third-order valence-corrected chi connectivity index (χ3v) is 2.75. The van der Waals surface area contributed by atoms with Crippen molar-refractivity contribution in [2.24, 2.45) is 0 Å². The number of hydrogen-bond donors (Lipinski definition) is 0. The Bertz CT molecular complexity index is 296. The van der Waals surface area contributed by atoms with Crippen LogP contribution in [0.1, 0.15) is 12.8 Å². The molecule has 2 heteroatoms. The second kappa shape index (κ2) is 2.74. The molecule has 2 nitrogen and oxygen atoms in total. The maximum atomic E-state index is 5.80. The Labute approximate surface area is 77.5 Å². The number of epoxide rings is 1. The molecule has 1 aromatic carbocycles. The highest BCUT2D eigenvalue weighted by Crippen LogP contribution is 2.40. The summed E-state index contributed by atoms with van der Waals surface area (Å²) in [6.07, 6.45) is 3.51. The molecular weight excluding hydrogens is 164 g/mol. The normalized spacial score (nSPS) is 35.5. The molecule has 1 aromatic rings. The quantitative estimate of drug-likeness (QED) is 0.643. The zero-order valence-electron chi connectivity index (χ0n) is 7.35. The molecule has 1 unspecified atom stereocenters. The van der Waals surface area contributed by atoms with Crippen LogP contribution in [0.2, 0.25) is 0 Å². The molecule has 2 aliphatic rings. The third kappa shape index (κ3) is 1.31. The molecule has 0 bridgehead atoms. The standard InChI is InChI=1S/C11H12O2/c1-2-4-8(5-3-1)12-9-6-7-10-11(9)13-10/h1-5,9-11H,6-7H2/t9?,10-,11-/m0/s1. The fourth-order valence-electron chi connectivity index (χ4n) is 2.01. The van der Waals surface area contributed by atoms with E-state index in [1.807, 2.05) is 30.3 Å². The second-order valence-electron chi connectivity index (χ2n) is 3.69. The van der Waals surface area contributed by atoms with Crippen molar-refractivity contribution in [3.8, 4) is 5.75 Å². The first kappa shape index (κ1) is 7.39. The molecule has 0 aromatic heterocycles. The molecule has 0 spiro atoms. The first-order valence-electron chi connectivity index (χ1n) is 4.81. The highest BCUT2D eigenvalue weighted by molar-refractivity contribution is 5.22. The van der Waals surface area contributed by atoms with Crippen molar-refractivity contribution in [3.05, 3.63) is 30.3 Å². The van der Waals surface area contributed by atoms with Crippen molar-refractivity contribution in [2.75, 3.05) is 0 Å². The number of fused-ring (bicyclic) bond motifs is 1. The van der Waals surface area contributed by atoms with Crippen LogP contribution in [-0.2, 0) is 4.74 Å². The van der Waals surface area contributed by atoms with E-state index < -0.39 is 0 Å². The van der Waals surface area contributed by atoms with Gasteiger partial charge in [0.2, 0.25) is 0 Å². The molecule has 3 rings (SSSR count). The van der Waals surface area contributed by atoms with Gasteiger partial charge in [-0.1, -0.05) is 18.2 Å². The van der Waals surface area contributed by atoms with Crippen molar-refractivity contribution in [3.63, 3.8) is 0 Å². The van der Waals surface area contributed by atoms with E-state index >= 15 is 0 Å². The van der Waals surface area contributed by atoms with Gasteiger partial charge in [0.25, 0.3) is 0 Å². The molecule has 0 radical (unpaired) electrons. The van der Waals surface area contributed by atoms with E-state index in [4.69, 9.17) is 9.47 Å². The maximum absolute atomic E-state index is 5.80. The van der Waals surface area contributed by atoms with E-state index in [1.54, 1.807) is 0 Å². The van der Waals surface area contributed by atoms with Crippen molar-refractivity contribution >= 4 is 0 Å². The molecule has 2 fully saturated rings. The number of benzene rings is 1. The molecule has 1 saturated heterocycles. The Morgan fingerprint density at radius 1 is 1.15 bits per heavy atom. The lowest BCUT2D eigenvalue weighted by molar-refractivity contribution is 0.141. The average Bonchev–Trinajstić information content (AvgIpc) is 2.86. The summed E-state index contributed by atoms with van der Waals surface area (Å²) >= 11 is 0. The maximum Gasteiger partial charge on any atom is 0.127 e. The topological polar surface area (TPSA) is 21.8 Å². The Morgan fingerprint density at radius 2 is 2.00 bits per heavy atom. The fraction of sp³-hybridized carbons (Fsp3) is 0.455. The molecule has 1 aliphatic carbocycles. The Morgan fingerprint density at radius 3 is 2.62 bits per heavy atom. The first-order valence-corrected chi connectivity index (χ1v) is 4.81.